The van der Waals surface area contributed by atoms with Gasteiger partial charge in [-0.15, -0.1) is 11.3 Å². The van der Waals surface area contributed by atoms with Crippen LogP contribution in [0.1, 0.15) is 64.8 Å². The molecule has 1 aromatic carbocycles. The van der Waals surface area contributed by atoms with E-state index in [1.165, 1.54) is 11.3 Å². The van der Waals surface area contributed by atoms with Crippen LogP contribution in [0.2, 0.25) is 0 Å². The first kappa shape index (κ1) is 22.8. The molecule has 31 heavy (non-hydrogen) atoms. The van der Waals surface area contributed by atoms with Crippen molar-refractivity contribution in [2.45, 2.75) is 52.6 Å². The monoisotopic (exact) mass is 444 g/mol. The molecule has 0 fully saturated rings. The minimum atomic E-state index is -0.988. The van der Waals surface area contributed by atoms with Crippen LogP contribution in [0.15, 0.2) is 24.3 Å². The number of thiophene rings is 1. The molecule has 7 nitrogen and oxygen atoms in total. The molecule has 1 aliphatic rings. The minimum Gasteiger partial charge on any atom is -0.462 e. The number of amides is 1. The van der Waals surface area contributed by atoms with Gasteiger partial charge in [-0.1, -0.05) is 13.8 Å². The van der Waals surface area contributed by atoms with E-state index in [4.69, 9.17) is 15.2 Å². The number of nitrogen functional groups attached to an aromatic ring is 1. The van der Waals surface area contributed by atoms with Gasteiger partial charge in [0.2, 0.25) is 0 Å². The van der Waals surface area contributed by atoms with Gasteiger partial charge in [0, 0.05) is 10.6 Å². The van der Waals surface area contributed by atoms with Crippen molar-refractivity contribution in [2.24, 2.45) is 5.92 Å². The molecule has 0 spiro atoms. The van der Waals surface area contributed by atoms with Crippen molar-refractivity contribution in [1.82, 2.24) is 0 Å². The number of anilines is 2. The maximum atomic E-state index is 12.9. The highest BCUT2D eigenvalue weighted by Crippen LogP contribution is 2.40. The zero-order chi connectivity index (χ0) is 22.5. The third kappa shape index (κ3) is 5.25. The molecule has 3 N–H and O–H groups in total. The summed E-state index contributed by atoms with van der Waals surface area (Å²) in [6.07, 6.45) is 1.94. The molecular formula is C23H28N2O5S. The molecule has 0 saturated heterocycles. The summed E-state index contributed by atoms with van der Waals surface area (Å²) in [6, 6.07) is 6.30. The average Bonchev–Trinajstić information content (AvgIpc) is 3.09. The molecule has 0 bridgehead atoms. The number of hydrogen-bond acceptors (Lipinski definition) is 7. The summed E-state index contributed by atoms with van der Waals surface area (Å²) in [5, 5.41) is 3.28. The molecule has 2 unspecified atom stereocenters. The molecule has 1 amide bonds. The van der Waals surface area contributed by atoms with E-state index in [1.807, 2.05) is 0 Å². The number of carbonyl (C=O) groups is 3. The standard InChI is InChI=1S/C23H28N2O5S/c1-4-17(30-22(27)14-7-9-15(24)10-8-14)20(26)25-21-19(23(28)29-5-2)16-11-6-13(3)12-18(16)31-21/h7-10,13,17H,4-6,11-12,24H2,1-3H3,(H,25,26). The third-order valence-corrected chi connectivity index (χ3v) is 6.46. The Morgan fingerprint density at radius 1 is 1.19 bits per heavy atom. The molecule has 1 heterocycles. The smallest absolute Gasteiger partial charge is 0.341 e. The van der Waals surface area contributed by atoms with Gasteiger partial charge in [0.25, 0.3) is 5.91 Å². The van der Waals surface area contributed by atoms with Crippen LogP contribution in [0.3, 0.4) is 0 Å². The van der Waals surface area contributed by atoms with Gasteiger partial charge in [0.15, 0.2) is 6.10 Å². The first-order valence-electron chi connectivity index (χ1n) is 10.5. The van der Waals surface area contributed by atoms with E-state index in [-0.39, 0.29) is 6.61 Å². The first-order valence-corrected chi connectivity index (χ1v) is 11.3. The van der Waals surface area contributed by atoms with Crippen molar-refractivity contribution in [1.29, 1.82) is 0 Å². The molecule has 1 aromatic heterocycles. The lowest BCUT2D eigenvalue weighted by Crippen LogP contribution is -2.32. The summed E-state index contributed by atoms with van der Waals surface area (Å²) in [5.41, 5.74) is 7.88. The lowest BCUT2D eigenvalue weighted by Gasteiger charge is -2.18. The number of benzene rings is 1. The van der Waals surface area contributed by atoms with Crippen LogP contribution in [0, 0.1) is 5.92 Å². The summed E-state index contributed by atoms with van der Waals surface area (Å²) >= 11 is 1.41. The summed E-state index contributed by atoms with van der Waals surface area (Å²) in [5.74, 6) is -0.985. The topological polar surface area (TPSA) is 108 Å². The van der Waals surface area contributed by atoms with Crippen molar-refractivity contribution >= 4 is 39.9 Å². The SMILES string of the molecule is CCOC(=O)c1c(NC(=O)C(CC)OC(=O)c2ccc(N)cc2)sc2c1CCC(C)C2. The Bertz CT molecular complexity index is 967. The number of esters is 2. The molecule has 2 atom stereocenters. The third-order valence-electron chi connectivity index (χ3n) is 5.29. The number of carbonyl (C=O) groups excluding carboxylic acids is 3. The van der Waals surface area contributed by atoms with Crippen molar-refractivity contribution in [3.05, 3.63) is 45.8 Å². The van der Waals surface area contributed by atoms with Crippen LogP contribution >= 0.6 is 11.3 Å². The first-order chi connectivity index (χ1) is 14.8. The lowest BCUT2D eigenvalue weighted by atomic mass is 9.88. The van der Waals surface area contributed by atoms with Gasteiger partial charge in [-0.3, -0.25) is 4.79 Å². The fourth-order valence-corrected chi connectivity index (χ4v) is 4.99. The van der Waals surface area contributed by atoms with Crippen LogP contribution < -0.4 is 11.1 Å². The maximum Gasteiger partial charge on any atom is 0.341 e. The van der Waals surface area contributed by atoms with E-state index in [9.17, 15) is 14.4 Å². The van der Waals surface area contributed by atoms with Crippen LogP contribution in [-0.4, -0.2) is 30.6 Å². The van der Waals surface area contributed by atoms with Gasteiger partial charge in [0.05, 0.1) is 17.7 Å². The summed E-state index contributed by atoms with van der Waals surface area (Å²) in [4.78, 5) is 39.1. The number of rotatable bonds is 7. The molecule has 3 rings (SSSR count). The van der Waals surface area contributed by atoms with E-state index >= 15 is 0 Å². The fraction of sp³-hybridized carbons (Fsp3) is 0.435. The molecule has 0 radical (unpaired) electrons. The maximum absolute atomic E-state index is 12.9. The summed E-state index contributed by atoms with van der Waals surface area (Å²) in [7, 11) is 0. The Kier molecular flexibility index (Phi) is 7.33. The van der Waals surface area contributed by atoms with E-state index in [1.54, 1.807) is 38.1 Å². The van der Waals surface area contributed by atoms with Gasteiger partial charge in [-0.2, -0.15) is 0 Å². The predicted molar refractivity (Wildman–Crippen MR) is 120 cm³/mol. The Labute approximate surface area is 185 Å². The van der Waals surface area contributed by atoms with Crippen LogP contribution in [0.4, 0.5) is 10.7 Å². The molecule has 2 aromatic rings. The van der Waals surface area contributed by atoms with Gasteiger partial charge in [-0.25, -0.2) is 9.59 Å². The largest absolute Gasteiger partial charge is 0.462 e. The van der Waals surface area contributed by atoms with Crippen molar-refractivity contribution < 1.29 is 23.9 Å². The minimum absolute atomic E-state index is 0.254. The number of nitrogens with one attached hydrogen (secondary N) is 1. The molecular weight excluding hydrogens is 416 g/mol. The fourth-order valence-electron chi connectivity index (χ4n) is 3.59. The Morgan fingerprint density at radius 2 is 1.90 bits per heavy atom. The Morgan fingerprint density at radius 3 is 2.55 bits per heavy atom. The van der Waals surface area contributed by atoms with Crippen LogP contribution in [-0.2, 0) is 27.1 Å². The number of fused-ring (bicyclic) bond motifs is 1. The van der Waals surface area contributed by atoms with Gasteiger partial charge in [-0.05, 0) is 68.4 Å². The highest BCUT2D eigenvalue weighted by Gasteiger charge is 2.31. The van der Waals surface area contributed by atoms with E-state index < -0.39 is 23.9 Å². The zero-order valence-electron chi connectivity index (χ0n) is 18.0. The second-order valence-corrected chi connectivity index (χ2v) is 8.79. The summed E-state index contributed by atoms with van der Waals surface area (Å²) in [6.45, 7) is 5.94. The second kappa shape index (κ2) is 9.96. The molecule has 1 aliphatic carbocycles. The van der Waals surface area contributed by atoms with Gasteiger partial charge < -0.3 is 20.5 Å². The summed E-state index contributed by atoms with van der Waals surface area (Å²) < 4.78 is 10.7. The Hall–Kier alpha value is -2.87. The van der Waals surface area contributed by atoms with E-state index in [0.29, 0.717) is 34.2 Å². The lowest BCUT2D eigenvalue weighted by molar-refractivity contribution is -0.124. The number of hydrogen-bond donors (Lipinski definition) is 2. The normalized spacial score (nSPS) is 16.2. The predicted octanol–water partition coefficient (Wildman–Crippen LogP) is 4.21. The van der Waals surface area contributed by atoms with Crippen molar-refractivity contribution in [3.63, 3.8) is 0 Å². The van der Waals surface area contributed by atoms with E-state index in [0.717, 1.165) is 29.7 Å². The Balaban J connectivity index is 1.79. The average molecular weight is 445 g/mol. The second-order valence-electron chi connectivity index (χ2n) is 7.69. The quantitative estimate of drug-likeness (QED) is 0.489. The number of ether oxygens (including phenoxy) is 2. The van der Waals surface area contributed by atoms with Crippen molar-refractivity contribution in [2.75, 3.05) is 17.7 Å². The van der Waals surface area contributed by atoms with Gasteiger partial charge in [0.1, 0.15) is 5.00 Å². The van der Waals surface area contributed by atoms with Crippen molar-refractivity contribution in [3.8, 4) is 0 Å². The zero-order valence-corrected chi connectivity index (χ0v) is 18.8. The van der Waals surface area contributed by atoms with E-state index in [2.05, 4.69) is 12.2 Å². The molecule has 0 aliphatic heterocycles. The van der Waals surface area contributed by atoms with Gasteiger partial charge >= 0.3 is 11.9 Å². The highest BCUT2D eigenvalue weighted by molar-refractivity contribution is 7.17. The highest BCUT2D eigenvalue weighted by atomic mass is 32.1. The molecule has 166 valence electrons. The van der Waals surface area contributed by atoms with Crippen LogP contribution in [0.5, 0.6) is 0 Å². The van der Waals surface area contributed by atoms with Crippen LogP contribution in [0.25, 0.3) is 0 Å². The molecule has 8 heteroatoms. The number of nitrogens with two attached hydrogens (primary N) is 1. The molecule has 0 saturated carbocycles.